The Morgan fingerprint density at radius 1 is 1.33 bits per heavy atom. The average molecular weight is 461 g/mol. The van der Waals surface area contributed by atoms with Crippen molar-refractivity contribution in [3.63, 3.8) is 0 Å². The van der Waals surface area contributed by atoms with E-state index >= 15 is 0 Å². The highest BCUT2D eigenvalue weighted by Gasteiger charge is 2.33. The molecule has 0 spiro atoms. The van der Waals surface area contributed by atoms with Crippen LogP contribution < -0.4 is 5.32 Å². The number of piperidine rings is 1. The van der Waals surface area contributed by atoms with Gasteiger partial charge in [-0.05, 0) is 49.4 Å². The molecule has 27 heavy (non-hydrogen) atoms. The van der Waals surface area contributed by atoms with E-state index in [4.69, 9.17) is 4.74 Å². The molecule has 152 valence electrons. The van der Waals surface area contributed by atoms with Crippen LogP contribution in [0.25, 0.3) is 0 Å². The fourth-order valence-corrected chi connectivity index (χ4v) is 4.77. The van der Waals surface area contributed by atoms with Crippen LogP contribution in [0.3, 0.4) is 0 Å². The molecule has 1 aliphatic heterocycles. The molecular formula is C19H29BrN2O4S. The Kier molecular flexibility index (Phi) is 8.72. The van der Waals surface area contributed by atoms with Crippen LogP contribution in [0.15, 0.2) is 33.6 Å². The van der Waals surface area contributed by atoms with E-state index in [2.05, 4.69) is 35.1 Å². The molecule has 2 rings (SSSR count). The number of sulfonamides is 1. The van der Waals surface area contributed by atoms with E-state index < -0.39 is 10.0 Å². The zero-order chi connectivity index (χ0) is 19.9. The number of carbonyl (C=O) groups is 1. The standard InChI is InChI=1S/C19H29BrN2O4S/c1-15(2)14-26-12-4-10-21-19(23)16-5-3-11-22(13-16)27(24,25)18-8-6-17(20)7-9-18/h6-9,15-16H,3-5,10-14H2,1-2H3,(H,21,23). The third-order valence-electron chi connectivity index (χ3n) is 4.42. The summed E-state index contributed by atoms with van der Waals surface area (Å²) in [5.74, 6) is 0.121. The number of halogens is 1. The molecule has 1 saturated heterocycles. The van der Waals surface area contributed by atoms with Gasteiger partial charge in [0.2, 0.25) is 15.9 Å². The highest BCUT2D eigenvalue weighted by molar-refractivity contribution is 9.10. The van der Waals surface area contributed by atoms with E-state index in [1.54, 1.807) is 24.3 Å². The topological polar surface area (TPSA) is 75.7 Å². The first-order chi connectivity index (χ1) is 12.8. The molecule has 1 atom stereocenters. The number of rotatable bonds is 9. The Morgan fingerprint density at radius 2 is 2.04 bits per heavy atom. The lowest BCUT2D eigenvalue weighted by Crippen LogP contribution is -2.45. The monoisotopic (exact) mass is 460 g/mol. The summed E-state index contributed by atoms with van der Waals surface area (Å²) in [4.78, 5) is 12.7. The number of hydrogen-bond donors (Lipinski definition) is 1. The molecule has 1 unspecified atom stereocenters. The lowest BCUT2D eigenvalue weighted by Gasteiger charge is -2.31. The third kappa shape index (κ3) is 6.85. The molecule has 0 aromatic heterocycles. The summed E-state index contributed by atoms with van der Waals surface area (Å²) in [6, 6.07) is 6.59. The fourth-order valence-electron chi connectivity index (χ4n) is 2.98. The minimum atomic E-state index is -3.57. The highest BCUT2D eigenvalue weighted by Crippen LogP contribution is 2.24. The summed E-state index contributed by atoms with van der Waals surface area (Å²) in [6.45, 7) is 6.76. The summed E-state index contributed by atoms with van der Waals surface area (Å²) in [6.07, 6.45) is 2.15. The maximum absolute atomic E-state index is 12.8. The van der Waals surface area contributed by atoms with Gasteiger partial charge in [0, 0.05) is 37.3 Å². The molecule has 1 heterocycles. The largest absolute Gasteiger partial charge is 0.381 e. The Morgan fingerprint density at radius 3 is 2.70 bits per heavy atom. The first kappa shape index (κ1) is 22.3. The Bertz CT molecular complexity index is 707. The zero-order valence-electron chi connectivity index (χ0n) is 16.0. The maximum Gasteiger partial charge on any atom is 0.243 e. The fraction of sp³-hybridized carbons (Fsp3) is 0.632. The van der Waals surface area contributed by atoms with Crippen molar-refractivity contribution < 1.29 is 17.9 Å². The first-order valence-electron chi connectivity index (χ1n) is 9.42. The molecule has 1 aliphatic rings. The van der Waals surface area contributed by atoms with Gasteiger partial charge >= 0.3 is 0 Å². The smallest absolute Gasteiger partial charge is 0.243 e. The second-order valence-corrected chi connectivity index (χ2v) is 10.1. The van der Waals surface area contributed by atoms with Crippen LogP contribution >= 0.6 is 15.9 Å². The number of ether oxygens (including phenoxy) is 1. The molecule has 6 nitrogen and oxygen atoms in total. The van der Waals surface area contributed by atoms with E-state index in [9.17, 15) is 13.2 Å². The molecule has 1 N–H and O–H groups in total. The van der Waals surface area contributed by atoms with Gasteiger partial charge in [0.1, 0.15) is 0 Å². The van der Waals surface area contributed by atoms with E-state index in [0.29, 0.717) is 38.5 Å². The van der Waals surface area contributed by atoms with Gasteiger partial charge in [0.25, 0.3) is 0 Å². The van der Waals surface area contributed by atoms with Crippen molar-refractivity contribution in [1.82, 2.24) is 9.62 Å². The van der Waals surface area contributed by atoms with E-state index in [1.807, 2.05) is 0 Å². The Hall–Kier alpha value is -0.960. The predicted octanol–water partition coefficient (Wildman–Crippen LogP) is 3.03. The SMILES string of the molecule is CC(C)COCCCNC(=O)C1CCCN(S(=O)(=O)c2ccc(Br)cc2)C1. The second kappa shape index (κ2) is 10.5. The van der Waals surface area contributed by atoms with Crippen molar-refractivity contribution >= 4 is 31.9 Å². The number of nitrogens with one attached hydrogen (secondary N) is 1. The van der Waals surface area contributed by atoms with Crippen LogP contribution in [-0.2, 0) is 19.6 Å². The van der Waals surface area contributed by atoms with Gasteiger partial charge < -0.3 is 10.1 Å². The molecule has 1 fully saturated rings. The number of nitrogens with zero attached hydrogens (tertiary/aromatic N) is 1. The van der Waals surface area contributed by atoms with E-state index in [1.165, 1.54) is 4.31 Å². The molecule has 0 bridgehead atoms. The average Bonchev–Trinajstić information content (AvgIpc) is 2.64. The summed E-state index contributed by atoms with van der Waals surface area (Å²) < 4.78 is 33.4. The van der Waals surface area contributed by atoms with Gasteiger partial charge in [-0.2, -0.15) is 4.31 Å². The Labute approximate surface area is 170 Å². The molecule has 0 saturated carbocycles. The van der Waals surface area contributed by atoms with Crippen molar-refractivity contribution in [2.45, 2.75) is 38.0 Å². The summed E-state index contributed by atoms with van der Waals surface area (Å²) in [5, 5.41) is 2.91. The second-order valence-electron chi connectivity index (χ2n) is 7.27. The molecule has 1 amide bonds. The van der Waals surface area contributed by atoms with Crippen LogP contribution in [0.5, 0.6) is 0 Å². The van der Waals surface area contributed by atoms with Crippen LogP contribution in [0.1, 0.15) is 33.1 Å². The van der Waals surface area contributed by atoms with Crippen molar-refractivity contribution in [2.24, 2.45) is 11.8 Å². The first-order valence-corrected chi connectivity index (χ1v) is 11.6. The lowest BCUT2D eigenvalue weighted by molar-refractivity contribution is -0.126. The minimum Gasteiger partial charge on any atom is -0.381 e. The van der Waals surface area contributed by atoms with Gasteiger partial charge in [0.05, 0.1) is 10.8 Å². The van der Waals surface area contributed by atoms with Crippen LogP contribution in [0, 0.1) is 11.8 Å². The lowest BCUT2D eigenvalue weighted by atomic mass is 9.99. The van der Waals surface area contributed by atoms with Crippen LogP contribution in [0.4, 0.5) is 0 Å². The number of hydrogen-bond acceptors (Lipinski definition) is 4. The minimum absolute atomic E-state index is 0.0745. The van der Waals surface area contributed by atoms with Gasteiger partial charge in [0.15, 0.2) is 0 Å². The zero-order valence-corrected chi connectivity index (χ0v) is 18.4. The highest BCUT2D eigenvalue weighted by atomic mass is 79.9. The molecular weight excluding hydrogens is 432 g/mol. The summed E-state index contributed by atoms with van der Waals surface area (Å²) >= 11 is 3.31. The Balaban J connectivity index is 1.84. The van der Waals surface area contributed by atoms with Crippen molar-refractivity contribution in [3.8, 4) is 0 Å². The number of amides is 1. The van der Waals surface area contributed by atoms with E-state index in [-0.39, 0.29) is 23.3 Å². The van der Waals surface area contributed by atoms with Crippen molar-refractivity contribution in [3.05, 3.63) is 28.7 Å². The van der Waals surface area contributed by atoms with Crippen molar-refractivity contribution in [2.75, 3.05) is 32.8 Å². The summed E-state index contributed by atoms with van der Waals surface area (Å²) in [5.41, 5.74) is 0. The maximum atomic E-state index is 12.8. The van der Waals surface area contributed by atoms with Gasteiger partial charge in [-0.15, -0.1) is 0 Å². The summed E-state index contributed by atoms with van der Waals surface area (Å²) in [7, 11) is -3.57. The van der Waals surface area contributed by atoms with Crippen LogP contribution in [-0.4, -0.2) is 51.5 Å². The van der Waals surface area contributed by atoms with Gasteiger partial charge in [-0.25, -0.2) is 8.42 Å². The molecule has 1 aromatic carbocycles. The molecule has 1 aromatic rings. The van der Waals surface area contributed by atoms with Crippen LogP contribution in [0.2, 0.25) is 0 Å². The van der Waals surface area contributed by atoms with Crippen molar-refractivity contribution in [1.29, 1.82) is 0 Å². The predicted molar refractivity (Wildman–Crippen MR) is 109 cm³/mol. The van der Waals surface area contributed by atoms with E-state index in [0.717, 1.165) is 17.5 Å². The van der Waals surface area contributed by atoms with Gasteiger partial charge in [-0.1, -0.05) is 29.8 Å². The number of benzene rings is 1. The third-order valence-corrected chi connectivity index (χ3v) is 6.83. The quantitative estimate of drug-likeness (QED) is 0.574. The normalized spacial score (nSPS) is 18.6. The molecule has 8 heteroatoms. The molecule has 0 aliphatic carbocycles. The number of carbonyl (C=O) groups excluding carboxylic acids is 1. The van der Waals surface area contributed by atoms with Gasteiger partial charge in [-0.3, -0.25) is 4.79 Å². The molecule has 0 radical (unpaired) electrons.